The molecule has 0 aliphatic carbocycles. The first-order chi connectivity index (χ1) is 12.0. The number of anilines is 1. The van der Waals surface area contributed by atoms with Crippen molar-refractivity contribution in [2.45, 2.75) is 31.6 Å². The number of amides is 1. The molecule has 3 aromatic rings. The highest BCUT2D eigenvalue weighted by atomic mass is 32.2. The molecular formula is C19H19N3O2S. The number of carbonyl (C=O) groups excluding carboxylic acids is 1. The first-order valence-electron chi connectivity index (χ1n) is 7.92. The van der Waals surface area contributed by atoms with Crippen LogP contribution in [-0.2, 0) is 5.75 Å². The van der Waals surface area contributed by atoms with E-state index in [9.17, 15) is 4.79 Å². The van der Waals surface area contributed by atoms with Crippen LogP contribution in [0.5, 0.6) is 0 Å². The third-order valence-electron chi connectivity index (χ3n) is 3.86. The molecule has 0 saturated heterocycles. The van der Waals surface area contributed by atoms with Crippen molar-refractivity contribution in [3.05, 3.63) is 70.7 Å². The van der Waals surface area contributed by atoms with Crippen LogP contribution in [0.25, 0.3) is 0 Å². The molecule has 1 N–H and O–H groups in total. The monoisotopic (exact) mass is 353 g/mol. The van der Waals surface area contributed by atoms with E-state index in [0.717, 1.165) is 28.3 Å². The molecule has 0 aliphatic rings. The number of aryl methyl sites for hydroxylation is 3. The third kappa shape index (κ3) is 4.09. The summed E-state index contributed by atoms with van der Waals surface area (Å²) in [6.45, 7) is 5.81. The molecule has 0 radical (unpaired) electrons. The molecular weight excluding hydrogens is 334 g/mol. The van der Waals surface area contributed by atoms with Gasteiger partial charge in [0.05, 0.1) is 11.3 Å². The summed E-state index contributed by atoms with van der Waals surface area (Å²) >= 11 is 1.50. The lowest BCUT2D eigenvalue weighted by atomic mass is 10.2. The quantitative estimate of drug-likeness (QED) is 0.682. The fourth-order valence-electron chi connectivity index (χ4n) is 2.36. The van der Waals surface area contributed by atoms with Crippen LogP contribution in [0.4, 0.5) is 5.69 Å². The highest BCUT2D eigenvalue weighted by molar-refractivity contribution is 7.98. The highest BCUT2D eigenvalue weighted by Gasteiger charge is 2.15. The maximum atomic E-state index is 12.6. The summed E-state index contributed by atoms with van der Waals surface area (Å²) in [6.07, 6.45) is 1.69. The number of carbonyl (C=O) groups is 1. The minimum absolute atomic E-state index is 0.168. The van der Waals surface area contributed by atoms with Gasteiger partial charge >= 0.3 is 0 Å². The van der Waals surface area contributed by atoms with Crippen LogP contribution in [0, 0.1) is 20.8 Å². The van der Waals surface area contributed by atoms with Crippen LogP contribution in [0.3, 0.4) is 0 Å². The third-order valence-corrected chi connectivity index (χ3v) is 4.89. The average Bonchev–Trinajstić information content (AvgIpc) is 2.93. The standard InChI is InChI=1S/C19H19N3O2S/c1-12-6-8-15(9-7-12)21-18(23)16-5-4-10-20-19(16)25-11-17-13(2)22-24-14(17)3/h4-10H,11H2,1-3H3,(H,21,23). The second-order valence-electron chi connectivity index (χ2n) is 5.77. The fraction of sp³-hybridized carbons (Fsp3) is 0.211. The number of rotatable bonds is 5. The Labute approximate surface area is 150 Å². The molecule has 0 unspecified atom stereocenters. The van der Waals surface area contributed by atoms with Gasteiger partial charge in [-0.3, -0.25) is 4.79 Å². The fourth-order valence-corrected chi connectivity index (χ4v) is 3.51. The van der Waals surface area contributed by atoms with Crippen LogP contribution in [-0.4, -0.2) is 16.0 Å². The van der Waals surface area contributed by atoms with Crippen LogP contribution in [0.1, 0.15) is 32.9 Å². The van der Waals surface area contributed by atoms with E-state index < -0.39 is 0 Å². The van der Waals surface area contributed by atoms with Gasteiger partial charge in [-0.2, -0.15) is 0 Å². The Morgan fingerprint density at radius 3 is 2.60 bits per heavy atom. The highest BCUT2D eigenvalue weighted by Crippen LogP contribution is 2.27. The molecule has 0 fully saturated rings. The Hall–Kier alpha value is -2.60. The van der Waals surface area contributed by atoms with Crippen LogP contribution in [0.2, 0.25) is 0 Å². The van der Waals surface area contributed by atoms with Crippen LogP contribution in [0.15, 0.2) is 52.1 Å². The Kier molecular flexibility index (Phi) is 5.19. The number of benzene rings is 1. The topological polar surface area (TPSA) is 68.0 Å². The molecule has 5 nitrogen and oxygen atoms in total. The number of aromatic nitrogens is 2. The second kappa shape index (κ2) is 7.53. The summed E-state index contributed by atoms with van der Waals surface area (Å²) in [5, 5.41) is 7.57. The predicted molar refractivity (Wildman–Crippen MR) is 98.9 cm³/mol. The van der Waals surface area contributed by atoms with E-state index in [0.29, 0.717) is 16.3 Å². The maximum absolute atomic E-state index is 12.6. The predicted octanol–water partition coefficient (Wildman–Crippen LogP) is 4.54. The zero-order chi connectivity index (χ0) is 17.8. The lowest BCUT2D eigenvalue weighted by Gasteiger charge is -2.09. The summed E-state index contributed by atoms with van der Waals surface area (Å²) in [5.74, 6) is 1.29. The lowest BCUT2D eigenvalue weighted by molar-refractivity contribution is 0.102. The Bertz CT molecular complexity index is 868. The van der Waals surface area contributed by atoms with Crippen molar-refractivity contribution < 1.29 is 9.32 Å². The summed E-state index contributed by atoms with van der Waals surface area (Å²) in [4.78, 5) is 17.0. The SMILES string of the molecule is Cc1ccc(NC(=O)c2cccnc2SCc2c(C)noc2C)cc1. The molecule has 0 atom stereocenters. The Morgan fingerprint density at radius 1 is 1.16 bits per heavy atom. The zero-order valence-electron chi connectivity index (χ0n) is 14.4. The molecule has 1 aromatic carbocycles. The maximum Gasteiger partial charge on any atom is 0.258 e. The van der Waals surface area contributed by atoms with Gasteiger partial charge in [0.2, 0.25) is 0 Å². The van der Waals surface area contributed by atoms with E-state index in [1.165, 1.54) is 11.8 Å². The summed E-state index contributed by atoms with van der Waals surface area (Å²) < 4.78 is 5.19. The zero-order valence-corrected chi connectivity index (χ0v) is 15.2. The molecule has 2 heterocycles. The van der Waals surface area contributed by atoms with Crippen molar-refractivity contribution in [2.75, 3.05) is 5.32 Å². The van der Waals surface area contributed by atoms with E-state index in [1.807, 2.05) is 45.0 Å². The molecule has 0 aliphatic heterocycles. The van der Waals surface area contributed by atoms with E-state index in [1.54, 1.807) is 18.3 Å². The minimum atomic E-state index is -0.168. The summed E-state index contributed by atoms with van der Waals surface area (Å²) in [7, 11) is 0. The number of thioether (sulfide) groups is 1. The van der Waals surface area contributed by atoms with Gasteiger partial charge in [-0.1, -0.05) is 22.9 Å². The number of pyridine rings is 1. The average molecular weight is 353 g/mol. The minimum Gasteiger partial charge on any atom is -0.361 e. The van der Waals surface area contributed by atoms with Crippen molar-refractivity contribution in [2.24, 2.45) is 0 Å². The molecule has 3 rings (SSSR count). The first-order valence-corrected chi connectivity index (χ1v) is 8.90. The normalized spacial score (nSPS) is 10.7. The first kappa shape index (κ1) is 17.2. The molecule has 1 amide bonds. The van der Waals surface area contributed by atoms with Gasteiger partial charge in [-0.05, 0) is 45.0 Å². The molecule has 0 saturated carbocycles. The second-order valence-corrected chi connectivity index (χ2v) is 6.73. The largest absolute Gasteiger partial charge is 0.361 e. The van der Waals surface area contributed by atoms with Gasteiger partial charge in [0, 0.05) is 23.2 Å². The van der Waals surface area contributed by atoms with E-state index in [4.69, 9.17) is 4.52 Å². The lowest BCUT2D eigenvalue weighted by Crippen LogP contribution is -2.13. The van der Waals surface area contributed by atoms with Gasteiger partial charge in [0.15, 0.2) is 0 Å². The van der Waals surface area contributed by atoms with E-state index in [-0.39, 0.29) is 5.91 Å². The summed E-state index contributed by atoms with van der Waals surface area (Å²) in [5.41, 5.74) is 4.38. The van der Waals surface area contributed by atoms with Crippen molar-refractivity contribution >= 4 is 23.4 Å². The molecule has 6 heteroatoms. The van der Waals surface area contributed by atoms with Gasteiger partial charge in [-0.25, -0.2) is 4.98 Å². The van der Waals surface area contributed by atoms with Gasteiger partial charge in [0.25, 0.3) is 5.91 Å². The number of hydrogen-bond donors (Lipinski definition) is 1. The van der Waals surface area contributed by atoms with Crippen molar-refractivity contribution in [3.8, 4) is 0 Å². The Morgan fingerprint density at radius 2 is 1.92 bits per heavy atom. The number of hydrogen-bond acceptors (Lipinski definition) is 5. The van der Waals surface area contributed by atoms with Crippen LogP contribution < -0.4 is 5.32 Å². The summed E-state index contributed by atoms with van der Waals surface area (Å²) in [6, 6.07) is 11.3. The molecule has 128 valence electrons. The number of nitrogens with one attached hydrogen (secondary N) is 1. The molecule has 25 heavy (non-hydrogen) atoms. The molecule has 2 aromatic heterocycles. The number of nitrogens with zero attached hydrogens (tertiary/aromatic N) is 2. The van der Waals surface area contributed by atoms with Crippen molar-refractivity contribution in [3.63, 3.8) is 0 Å². The van der Waals surface area contributed by atoms with Crippen molar-refractivity contribution in [1.29, 1.82) is 0 Å². The van der Waals surface area contributed by atoms with Crippen LogP contribution >= 0.6 is 11.8 Å². The van der Waals surface area contributed by atoms with E-state index >= 15 is 0 Å². The van der Waals surface area contributed by atoms with Gasteiger partial charge in [-0.15, -0.1) is 11.8 Å². The van der Waals surface area contributed by atoms with Crippen molar-refractivity contribution in [1.82, 2.24) is 10.1 Å². The smallest absolute Gasteiger partial charge is 0.258 e. The van der Waals surface area contributed by atoms with Gasteiger partial charge in [0.1, 0.15) is 10.8 Å². The van der Waals surface area contributed by atoms with Gasteiger partial charge < -0.3 is 9.84 Å². The Balaban J connectivity index is 1.76. The molecule has 0 bridgehead atoms. The van der Waals surface area contributed by atoms with E-state index in [2.05, 4.69) is 15.5 Å². The molecule has 0 spiro atoms.